The molecule has 0 aromatic heterocycles. The lowest BCUT2D eigenvalue weighted by atomic mass is 9.96. The van der Waals surface area contributed by atoms with Crippen LogP contribution in [0, 0.1) is 0 Å². The number of fused-ring (bicyclic) bond motifs is 1. The molecule has 2 fully saturated rings. The Balaban J connectivity index is 1.17. The number of sulfonamides is 1. The van der Waals surface area contributed by atoms with Gasteiger partial charge in [0.25, 0.3) is 5.91 Å². The van der Waals surface area contributed by atoms with E-state index in [9.17, 15) is 18.0 Å². The maximum absolute atomic E-state index is 13.1. The molecule has 1 amide bonds. The van der Waals surface area contributed by atoms with E-state index < -0.39 is 15.4 Å². The van der Waals surface area contributed by atoms with E-state index >= 15 is 0 Å². The molecule has 0 unspecified atom stereocenters. The topological polar surface area (TPSA) is 84.0 Å². The first kappa shape index (κ1) is 22.6. The Labute approximate surface area is 199 Å². The molecule has 0 spiro atoms. The van der Waals surface area contributed by atoms with E-state index in [0.29, 0.717) is 0 Å². The largest absolute Gasteiger partial charge is 0.455 e. The number of esters is 1. The molecule has 3 aromatic rings. The van der Waals surface area contributed by atoms with Crippen molar-refractivity contribution in [1.82, 2.24) is 9.21 Å². The highest BCUT2D eigenvalue weighted by atomic mass is 32.2. The van der Waals surface area contributed by atoms with Crippen molar-refractivity contribution in [3.05, 3.63) is 78.4 Å². The third-order valence-corrected chi connectivity index (χ3v) is 8.64. The fourth-order valence-corrected chi connectivity index (χ4v) is 5.96. The van der Waals surface area contributed by atoms with Crippen LogP contribution in [0.1, 0.15) is 18.4 Å². The van der Waals surface area contributed by atoms with Crippen LogP contribution in [0.3, 0.4) is 0 Å². The van der Waals surface area contributed by atoms with E-state index in [2.05, 4.69) is 0 Å². The lowest BCUT2D eigenvalue weighted by Crippen LogP contribution is -2.51. The molecular formula is C26H26N2O5S. The molecule has 1 aliphatic carbocycles. The van der Waals surface area contributed by atoms with Crippen LogP contribution >= 0.6 is 0 Å². The molecule has 1 heterocycles. The fraction of sp³-hybridized carbons (Fsp3) is 0.308. The Bertz CT molecular complexity index is 1330. The Kier molecular flexibility index (Phi) is 5.87. The van der Waals surface area contributed by atoms with Gasteiger partial charge in [-0.25, -0.2) is 8.42 Å². The van der Waals surface area contributed by atoms with Gasteiger partial charge in [0.05, 0.1) is 10.3 Å². The summed E-state index contributed by atoms with van der Waals surface area (Å²) in [6, 6.07) is 22.2. The predicted molar refractivity (Wildman–Crippen MR) is 128 cm³/mol. The highest BCUT2D eigenvalue weighted by molar-refractivity contribution is 7.89. The van der Waals surface area contributed by atoms with Crippen molar-refractivity contribution in [1.29, 1.82) is 0 Å². The van der Waals surface area contributed by atoms with Gasteiger partial charge in [0.2, 0.25) is 10.0 Å². The maximum atomic E-state index is 13.1. The minimum Gasteiger partial charge on any atom is -0.455 e. The SMILES string of the molecule is O=C(COC(=O)C1(c2ccccc2)CC1)N1CCN(S(=O)(=O)c2ccc3ccccc3c2)CC1. The summed E-state index contributed by atoms with van der Waals surface area (Å²) in [6.45, 7) is 0.580. The van der Waals surface area contributed by atoms with Crippen molar-refractivity contribution in [2.45, 2.75) is 23.2 Å². The third kappa shape index (κ3) is 4.19. The summed E-state index contributed by atoms with van der Waals surface area (Å²) in [5.74, 6) is -0.676. The van der Waals surface area contributed by atoms with Gasteiger partial charge in [-0.05, 0) is 41.3 Å². The highest BCUT2D eigenvalue weighted by Gasteiger charge is 2.52. The molecule has 1 aliphatic heterocycles. The average molecular weight is 479 g/mol. The molecule has 34 heavy (non-hydrogen) atoms. The summed E-state index contributed by atoms with van der Waals surface area (Å²) in [6.07, 6.45) is 1.44. The third-order valence-electron chi connectivity index (χ3n) is 6.74. The Hall–Kier alpha value is -3.23. The quantitative estimate of drug-likeness (QED) is 0.509. The van der Waals surface area contributed by atoms with Gasteiger partial charge in [-0.15, -0.1) is 0 Å². The van der Waals surface area contributed by atoms with E-state index in [1.807, 2.05) is 54.6 Å². The molecule has 0 bridgehead atoms. The first-order chi connectivity index (χ1) is 16.4. The van der Waals surface area contributed by atoms with Crippen LogP contribution in [-0.4, -0.2) is 62.3 Å². The number of hydrogen-bond donors (Lipinski definition) is 0. The second-order valence-corrected chi connectivity index (χ2v) is 10.8. The van der Waals surface area contributed by atoms with Crippen LogP contribution in [0.4, 0.5) is 0 Å². The summed E-state index contributed by atoms with van der Waals surface area (Å²) < 4.78 is 33.0. The van der Waals surface area contributed by atoms with Gasteiger partial charge in [-0.1, -0.05) is 60.7 Å². The van der Waals surface area contributed by atoms with Gasteiger partial charge in [-0.3, -0.25) is 9.59 Å². The Morgan fingerprint density at radius 1 is 0.824 bits per heavy atom. The average Bonchev–Trinajstić information content (AvgIpc) is 3.70. The second kappa shape index (κ2) is 8.85. The van der Waals surface area contributed by atoms with Gasteiger partial charge in [-0.2, -0.15) is 4.31 Å². The number of carbonyl (C=O) groups excluding carboxylic acids is 2. The van der Waals surface area contributed by atoms with Gasteiger partial charge >= 0.3 is 5.97 Å². The molecule has 0 atom stereocenters. The molecule has 0 N–H and O–H groups in total. The molecule has 0 radical (unpaired) electrons. The molecule has 1 saturated carbocycles. The van der Waals surface area contributed by atoms with Gasteiger partial charge in [0.1, 0.15) is 0 Å². The zero-order valence-electron chi connectivity index (χ0n) is 18.7. The molecule has 5 rings (SSSR count). The number of carbonyl (C=O) groups is 2. The molecule has 8 heteroatoms. The first-order valence-electron chi connectivity index (χ1n) is 11.4. The minimum absolute atomic E-state index is 0.197. The fourth-order valence-electron chi connectivity index (χ4n) is 4.50. The second-order valence-electron chi connectivity index (χ2n) is 8.82. The van der Waals surface area contributed by atoms with E-state index in [4.69, 9.17) is 4.74 Å². The van der Waals surface area contributed by atoms with Crippen LogP contribution in [0.5, 0.6) is 0 Å². The van der Waals surface area contributed by atoms with Crippen molar-refractivity contribution in [2.75, 3.05) is 32.8 Å². The van der Waals surface area contributed by atoms with Crippen molar-refractivity contribution in [2.24, 2.45) is 0 Å². The van der Waals surface area contributed by atoms with E-state index in [1.54, 1.807) is 23.1 Å². The number of benzene rings is 3. The molecule has 1 saturated heterocycles. The number of rotatable bonds is 6. The summed E-state index contributed by atoms with van der Waals surface area (Å²) in [7, 11) is -3.66. The highest BCUT2D eigenvalue weighted by Crippen LogP contribution is 2.49. The number of nitrogens with zero attached hydrogens (tertiary/aromatic N) is 2. The van der Waals surface area contributed by atoms with Crippen molar-refractivity contribution < 1.29 is 22.7 Å². The van der Waals surface area contributed by atoms with Crippen molar-refractivity contribution in [3.63, 3.8) is 0 Å². The predicted octanol–water partition coefficient (Wildman–Crippen LogP) is 2.95. The smallest absolute Gasteiger partial charge is 0.317 e. The van der Waals surface area contributed by atoms with Crippen LogP contribution in [-0.2, 0) is 29.8 Å². The number of amides is 1. The zero-order chi connectivity index (χ0) is 23.8. The van der Waals surface area contributed by atoms with Crippen molar-refractivity contribution >= 4 is 32.7 Å². The van der Waals surface area contributed by atoms with Gasteiger partial charge in [0.15, 0.2) is 6.61 Å². The van der Waals surface area contributed by atoms with E-state index in [1.165, 1.54) is 4.31 Å². The standard InChI is InChI=1S/C26H26N2O5S/c29-24(19-33-25(30)26(12-13-26)22-8-2-1-3-9-22)27-14-16-28(17-15-27)34(31,32)23-11-10-20-6-4-5-7-21(20)18-23/h1-11,18H,12-17,19H2. The first-order valence-corrected chi connectivity index (χ1v) is 12.8. The summed E-state index contributed by atoms with van der Waals surface area (Å²) in [4.78, 5) is 27.1. The number of ether oxygens (including phenoxy) is 1. The number of hydrogen-bond acceptors (Lipinski definition) is 5. The lowest BCUT2D eigenvalue weighted by molar-refractivity contribution is -0.154. The lowest BCUT2D eigenvalue weighted by Gasteiger charge is -2.34. The molecule has 2 aliphatic rings. The molecule has 176 valence electrons. The Morgan fingerprint density at radius 3 is 2.15 bits per heavy atom. The molecule has 7 nitrogen and oxygen atoms in total. The minimum atomic E-state index is -3.66. The zero-order valence-corrected chi connectivity index (χ0v) is 19.5. The normalized spacial score (nSPS) is 17.9. The van der Waals surface area contributed by atoms with E-state index in [0.717, 1.165) is 29.2 Å². The van der Waals surface area contributed by atoms with Crippen LogP contribution in [0.2, 0.25) is 0 Å². The Morgan fingerprint density at radius 2 is 1.47 bits per heavy atom. The van der Waals surface area contributed by atoms with E-state index in [-0.39, 0.29) is 49.6 Å². The summed E-state index contributed by atoms with van der Waals surface area (Å²) in [5.41, 5.74) is 0.286. The molecule has 3 aromatic carbocycles. The van der Waals surface area contributed by atoms with Crippen molar-refractivity contribution in [3.8, 4) is 0 Å². The van der Waals surface area contributed by atoms with Gasteiger partial charge < -0.3 is 9.64 Å². The maximum Gasteiger partial charge on any atom is 0.317 e. The summed E-state index contributed by atoms with van der Waals surface area (Å²) in [5, 5.41) is 1.84. The van der Waals surface area contributed by atoms with Crippen LogP contribution in [0.25, 0.3) is 10.8 Å². The van der Waals surface area contributed by atoms with Crippen LogP contribution in [0.15, 0.2) is 77.7 Å². The van der Waals surface area contributed by atoms with Crippen LogP contribution < -0.4 is 0 Å². The number of piperazine rings is 1. The summed E-state index contributed by atoms with van der Waals surface area (Å²) >= 11 is 0. The van der Waals surface area contributed by atoms with Gasteiger partial charge in [0, 0.05) is 26.2 Å². The molecular weight excluding hydrogens is 452 g/mol. The monoisotopic (exact) mass is 478 g/mol.